The predicted octanol–water partition coefficient (Wildman–Crippen LogP) is 0.612. The molecular formula is C10H19NO3Si2. The van der Waals surface area contributed by atoms with Crippen LogP contribution in [-0.2, 0) is 14.1 Å². The first-order valence-corrected chi connectivity index (χ1v) is 10.5. The number of nitrogens with zero attached hydrogens (tertiary/aromatic N) is 1. The summed E-state index contributed by atoms with van der Waals surface area (Å²) in [4.78, 5) is 23.4. The van der Waals surface area contributed by atoms with Gasteiger partial charge in [-0.2, -0.15) is 5.06 Å². The fourth-order valence-electron chi connectivity index (χ4n) is 1.41. The zero-order valence-electron chi connectivity index (χ0n) is 10.4. The Kier molecular flexibility index (Phi) is 4.23. The summed E-state index contributed by atoms with van der Waals surface area (Å²) in [5, 5.41) is 0.939. The van der Waals surface area contributed by atoms with E-state index >= 15 is 0 Å². The summed E-state index contributed by atoms with van der Waals surface area (Å²) < 4.78 is 5.46. The lowest BCUT2D eigenvalue weighted by Crippen LogP contribution is -2.41. The van der Waals surface area contributed by atoms with Gasteiger partial charge >= 0.3 is 0 Å². The first-order valence-electron chi connectivity index (χ1n) is 5.63. The molecule has 1 aliphatic rings. The SMILES string of the molecule is C[Si](C)(C)ON1C(=O)C=C(CCC[SiH3])C1=O. The third-order valence-electron chi connectivity index (χ3n) is 2.12. The van der Waals surface area contributed by atoms with Gasteiger partial charge in [0.25, 0.3) is 11.8 Å². The molecule has 6 heteroatoms. The number of rotatable bonds is 5. The van der Waals surface area contributed by atoms with Crippen molar-refractivity contribution in [2.75, 3.05) is 0 Å². The highest BCUT2D eigenvalue weighted by atomic mass is 28.4. The van der Waals surface area contributed by atoms with Crippen LogP contribution in [-0.4, -0.2) is 35.4 Å². The number of imide groups is 1. The first-order chi connectivity index (χ1) is 7.35. The van der Waals surface area contributed by atoms with Crippen LogP contribution in [0.15, 0.2) is 11.6 Å². The van der Waals surface area contributed by atoms with E-state index in [1.165, 1.54) is 6.08 Å². The van der Waals surface area contributed by atoms with E-state index in [0.29, 0.717) is 12.0 Å². The van der Waals surface area contributed by atoms with E-state index in [1.54, 1.807) is 0 Å². The van der Waals surface area contributed by atoms with Crippen LogP contribution in [0.4, 0.5) is 0 Å². The second-order valence-electron chi connectivity index (χ2n) is 4.91. The first kappa shape index (κ1) is 13.3. The molecule has 90 valence electrons. The molecule has 0 aromatic heterocycles. The predicted molar refractivity (Wildman–Crippen MR) is 68.3 cm³/mol. The molecule has 0 bridgehead atoms. The highest BCUT2D eigenvalue weighted by molar-refractivity contribution is 6.69. The number of carbonyl (C=O) groups excluding carboxylic acids is 2. The van der Waals surface area contributed by atoms with Crippen LogP contribution in [0.5, 0.6) is 0 Å². The van der Waals surface area contributed by atoms with Gasteiger partial charge in [0.15, 0.2) is 0 Å². The smallest absolute Gasteiger partial charge is 0.280 e. The molecule has 0 aromatic rings. The molecule has 0 saturated heterocycles. The maximum absolute atomic E-state index is 11.8. The van der Waals surface area contributed by atoms with Crippen molar-refractivity contribution in [3.8, 4) is 0 Å². The van der Waals surface area contributed by atoms with Crippen molar-refractivity contribution in [1.29, 1.82) is 0 Å². The molecule has 0 spiro atoms. The zero-order valence-corrected chi connectivity index (χ0v) is 13.4. The molecule has 4 nitrogen and oxygen atoms in total. The standard InChI is InChI=1S/C10H19NO3Si2/c1-16(2,3)14-11-9(12)7-8(10(11)13)5-4-6-15/h7H,4-6H2,1-3,15H3. The summed E-state index contributed by atoms with van der Waals surface area (Å²) in [6.45, 7) is 5.84. The average molecular weight is 257 g/mol. The number of hydrogen-bond acceptors (Lipinski definition) is 3. The van der Waals surface area contributed by atoms with Gasteiger partial charge in [-0.25, -0.2) is 0 Å². The zero-order chi connectivity index (χ0) is 12.3. The van der Waals surface area contributed by atoms with Crippen LogP contribution in [0.3, 0.4) is 0 Å². The Morgan fingerprint density at radius 3 is 2.50 bits per heavy atom. The van der Waals surface area contributed by atoms with Gasteiger partial charge in [-0.3, -0.25) is 9.59 Å². The number of carbonyl (C=O) groups is 2. The maximum Gasteiger partial charge on any atom is 0.280 e. The van der Waals surface area contributed by atoms with Crippen LogP contribution < -0.4 is 0 Å². The average Bonchev–Trinajstić information content (AvgIpc) is 2.40. The van der Waals surface area contributed by atoms with Crippen molar-refractivity contribution in [2.24, 2.45) is 0 Å². The summed E-state index contributed by atoms with van der Waals surface area (Å²) in [6, 6.07) is 1.15. The quantitative estimate of drug-likeness (QED) is 0.535. The summed E-state index contributed by atoms with van der Waals surface area (Å²) in [6.07, 6.45) is 3.09. The normalized spacial score (nSPS) is 17.2. The van der Waals surface area contributed by atoms with E-state index in [9.17, 15) is 9.59 Å². The second-order valence-corrected chi connectivity index (χ2v) is 10.3. The lowest BCUT2D eigenvalue weighted by atomic mass is 10.1. The van der Waals surface area contributed by atoms with Crippen molar-refractivity contribution < 1.29 is 14.1 Å². The number of hydrogen-bond donors (Lipinski definition) is 0. The van der Waals surface area contributed by atoms with Crippen LogP contribution in [0.25, 0.3) is 0 Å². The van der Waals surface area contributed by atoms with Crippen molar-refractivity contribution in [1.82, 2.24) is 5.06 Å². The van der Waals surface area contributed by atoms with Gasteiger partial charge in [-0.15, -0.1) is 0 Å². The van der Waals surface area contributed by atoms with Crippen LogP contribution >= 0.6 is 0 Å². The summed E-state index contributed by atoms with van der Waals surface area (Å²) in [5.74, 6) is -0.585. The minimum atomic E-state index is -1.91. The Morgan fingerprint density at radius 2 is 2.00 bits per heavy atom. The second kappa shape index (κ2) is 5.07. The molecule has 16 heavy (non-hydrogen) atoms. The monoisotopic (exact) mass is 257 g/mol. The fraction of sp³-hybridized carbons (Fsp3) is 0.600. The summed E-state index contributed by atoms with van der Waals surface area (Å²) >= 11 is 0. The Hall–Kier alpha value is -0.726. The molecule has 0 unspecified atom stereocenters. The molecule has 1 rings (SSSR count). The van der Waals surface area contributed by atoms with E-state index < -0.39 is 8.32 Å². The van der Waals surface area contributed by atoms with Gasteiger partial charge in [0.2, 0.25) is 8.32 Å². The highest BCUT2D eigenvalue weighted by Gasteiger charge is 2.35. The largest absolute Gasteiger partial charge is 0.310 e. The number of amides is 2. The molecule has 0 fully saturated rings. The van der Waals surface area contributed by atoms with Crippen molar-refractivity contribution in [3.63, 3.8) is 0 Å². The maximum atomic E-state index is 11.8. The van der Waals surface area contributed by atoms with Crippen LogP contribution in [0.2, 0.25) is 25.7 Å². The Morgan fingerprint density at radius 1 is 1.38 bits per heavy atom. The molecule has 0 aromatic carbocycles. The van der Waals surface area contributed by atoms with Gasteiger partial charge < -0.3 is 4.53 Å². The molecule has 0 atom stereocenters. The minimum Gasteiger partial charge on any atom is -0.310 e. The minimum absolute atomic E-state index is 0.262. The molecule has 0 radical (unpaired) electrons. The third kappa shape index (κ3) is 3.39. The summed E-state index contributed by atoms with van der Waals surface area (Å²) in [7, 11) is -0.774. The summed E-state index contributed by atoms with van der Waals surface area (Å²) in [5.41, 5.74) is 0.596. The molecular weight excluding hydrogens is 238 g/mol. The van der Waals surface area contributed by atoms with E-state index in [2.05, 4.69) is 0 Å². The Labute approximate surface area is 100 Å². The van der Waals surface area contributed by atoms with E-state index in [0.717, 1.165) is 27.8 Å². The third-order valence-corrected chi connectivity index (χ3v) is 3.56. The molecule has 0 aliphatic carbocycles. The lowest BCUT2D eigenvalue weighted by Gasteiger charge is -2.23. The molecule has 2 amide bonds. The Bertz CT molecular complexity index is 333. The van der Waals surface area contributed by atoms with Gasteiger partial charge in [0.05, 0.1) is 0 Å². The van der Waals surface area contributed by atoms with Crippen molar-refractivity contribution in [2.45, 2.75) is 38.5 Å². The van der Waals surface area contributed by atoms with E-state index in [1.807, 2.05) is 19.6 Å². The number of hydroxylamine groups is 2. The molecule has 1 aliphatic heterocycles. The van der Waals surface area contributed by atoms with Crippen LogP contribution in [0, 0.1) is 0 Å². The van der Waals surface area contributed by atoms with Crippen LogP contribution in [0.1, 0.15) is 12.8 Å². The van der Waals surface area contributed by atoms with Crippen molar-refractivity contribution in [3.05, 3.63) is 11.6 Å². The van der Waals surface area contributed by atoms with Gasteiger partial charge in [0, 0.05) is 21.9 Å². The highest BCUT2D eigenvalue weighted by Crippen LogP contribution is 2.20. The van der Waals surface area contributed by atoms with E-state index in [4.69, 9.17) is 4.53 Å². The molecule has 1 heterocycles. The van der Waals surface area contributed by atoms with E-state index in [-0.39, 0.29) is 11.8 Å². The molecule has 0 N–H and O–H groups in total. The van der Waals surface area contributed by atoms with Gasteiger partial charge in [0.1, 0.15) is 0 Å². The molecule has 0 saturated carbocycles. The van der Waals surface area contributed by atoms with Gasteiger partial charge in [-0.05, 0) is 26.1 Å². The fourth-order valence-corrected chi connectivity index (χ4v) is 2.48. The topological polar surface area (TPSA) is 46.6 Å². The Balaban J connectivity index is 2.67. The lowest BCUT2D eigenvalue weighted by molar-refractivity contribution is -0.165. The van der Waals surface area contributed by atoms with Gasteiger partial charge in [-0.1, -0.05) is 12.5 Å². The van der Waals surface area contributed by atoms with Crippen molar-refractivity contribution >= 4 is 30.4 Å².